The van der Waals surface area contributed by atoms with E-state index in [1.807, 2.05) is 0 Å². The van der Waals surface area contributed by atoms with Crippen molar-refractivity contribution in [2.24, 2.45) is 10.2 Å². The Labute approximate surface area is 159 Å². The van der Waals surface area contributed by atoms with Gasteiger partial charge in [0.1, 0.15) is 6.04 Å². The number of carbonyl (C=O) groups excluding carboxylic acids is 2. The van der Waals surface area contributed by atoms with Gasteiger partial charge in [-0.1, -0.05) is 12.1 Å². The second-order valence-electron chi connectivity index (χ2n) is 5.92. The highest BCUT2D eigenvalue weighted by molar-refractivity contribution is 5.97. The number of piperazine rings is 1. The molecule has 7 nitrogen and oxygen atoms in total. The monoisotopic (exact) mass is 406 g/mol. The molecule has 0 spiro atoms. The van der Waals surface area contributed by atoms with E-state index >= 15 is 0 Å². The van der Waals surface area contributed by atoms with Gasteiger partial charge < -0.3 is 15.0 Å². The van der Waals surface area contributed by atoms with Gasteiger partial charge in [0.25, 0.3) is 5.91 Å². The molecule has 2 aliphatic heterocycles. The smallest absolute Gasteiger partial charge is 0.442 e. The number of rotatable bonds is 4. The van der Waals surface area contributed by atoms with Crippen molar-refractivity contribution < 1.29 is 27.5 Å². The van der Waals surface area contributed by atoms with Crippen molar-refractivity contribution >= 4 is 24.3 Å². The largest absolute Gasteiger partial charge is 0.464 e. The van der Waals surface area contributed by atoms with E-state index in [9.17, 15) is 22.8 Å². The van der Waals surface area contributed by atoms with Crippen LogP contribution < -0.4 is 5.32 Å². The zero-order chi connectivity index (χ0) is 18.9. The summed E-state index contributed by atoms with van der Waals surface area (Å²) in [4.78, 5) is 26.2. The molecule has 3 rings (SSSR count). The molecule has 11 heteroatoms. The molecule has 1 atom stereocenters. The molecule has 0 radical (unpaired) electrons. The lowest BCUT2D eigenvalue weighted by atomic mass is 9.99. The minimum absolute atomic E-state index is 0. The number of hydrogen-bond acceptors (Lipinski definition) is 6. The second kappa shape index (κ2) is 7.81. The lowest BCUT2D eigenvalue weighted by Crippen LogP contribution is -2.57. The number of hydrogen-bond donors (Lipinski definition) is 1. The van der Waals surface area contributed by atoms with Crippen LogP contribution >= 0.6 is 12.4 Å². The molecular formula is C16H18ClF3N4O3. The van der Waals surface area contributed by atoms with Gasteiger partial charge in [-0.25, -0.2) is 4.79 Å². The average Bonchev–Trinajstić information content (AvgIpc) is 3.43. The molecule has 2 aliphatic rings. The van der Waals surface area contributed by atoms with Gasteiger partial charge in [0.15, 0.2) is 0 Å². The number of esters is 1. The summed E-state index contributed by atoms with van der Waals surface area (Å²) in [6.07, 6.45) is -4.67. The van der Waals surface area contributed by atoms with Gasteiger partial charge in [-0.3, -0.25) is 4.79 Å². The zero-order valence-electron chi connectivity index (χ0n) is 14.3. The van der Waals surface area contributed by atoms with Crippen molar-refractivity contribution in [2.75, 3.05) is 26.2 Å². The summed E-state index contributed by atoms with van der Waals surface area (Å²) >= 11 is 0. The van der Waals surface area contributed by atoms with E-state index in [1.54, 1.807) is 6.92 Å². The molecular weight excluding hydrogens is 389 g/mol. The molecule has 2 heterocycles. The van der Waals surface area contributed by atoms with Gasteiger partial charge in [-0.05, 0) is 19.1 Å². The van der Waals surface area contributed by atoms with E-state index in [-0.39, 0.29) is 43.2 Å². The topological polar surface area (TPSA) is 83.4 Å². The molecule has 1 aromatic rings. The van der Waals surface area contributed by atoms with Crippen LogP contribution in [-0.2, 0) is 15.2 Å². The summed E-state index contributed by atoms with van der Waals surface area (Å²) in [7, 11) is 0. The summed E-state index contributed by atoms with van der Waals surface area (Å²) in [6.45, 7) is 2.76. The van der Waals surface area contributed by atoms with Crippen LogP contribution in [0.3, 0.4) is 0 Å². The van der Waals surface area contributed by atoms with E-state index in [0.717, 1.165) is 6.07 Å². The zero-order valence-corrected chi connectivity index (χ0v) is 15.1. The third-order valence-corrected chi connectivity index (χ3v) is 4.27. The number of amides is 1. The van der Waals surface area contributed by atoms with Gasteiger partial charge in [-0.2, -0.15) is 13.2 Å². The van der Waals surface area contributed by atoms with Crippen LogP contribution in [0, 0.1) is 0 Å². The summed E-state index contributed by atoms with van der Waals surface area (Å²) < 4.78 is 44.5. The van der Waals surface area contributed by atoms with Crippen molar-refractivity contribution in [3.05, 3.63) is 35.4 Å². The first-order valence-electron chi connectivity index (χ1n) is 8.10. The average molecular weight is 407 g/mol. The Morgan fingerprint density at radius 3 is 2.67 bits per heavy atom. The van der Waals surface area contributed by atoms with E-state index in [2.05, 4.69) is 15.5 Å². The van der Waals surface area contributed by atoms with Crippen LogP contribution in [-0.4, -0.2) is 55.2 Å². The fourth-order valence-electron chi connectivity index (χ4n) is 2.87. The van der Waals surface area contributed by atoms with Gasteiger partial charge in [0.05, 0.1) is 6.61 Å². The number of benzene rings is 1. The summed E-state index contributed by atoms with van der Waals surface area (Å²) in [5.74, 6) is -1.09. The molecule has 1 fully saturated rings. The highest BCUT2D eigenvalue weighted by Gasteiger charge is 2.65. The van der Waals surface area contributed by atoms with Crippen LogP contribution in [0.2, 0.25) is 0 Å². The maximum atomic E-state index is 13.2. The molecule has 0 aromatic heterocycles. The summed E-state index contributed by atoms with van der Waals surface area (Å²) in [6, 6.07) is 4.28. The van der Waals surface area contributed by atoms with Gasteiger partial charge >= 0.3 is 17.8 Å². The summed E-state index contributed by atoms with van der Waals surface area (Å²) in [5.41, 5.74) is -2.77. The van der Waals surface area contributed by atoms with Crippen LogP contribution in [0.4, 0.5) is 13.2 Å². The first-order chi connectivity index (χ1) is 12.3. The lowest BCUT2D eigenvalue weighted by molar-refractivity contribution is -0.166. The van der Waals surface area contributed by atoms with Crippen molar-refractivity contribution in [3.63, 3.8) is 0 Å². The predicted octanol–water partition coefficient (Wildman–Crippen LogP) is 2.27. The Morgan fingerprint density at radius 2 is 2.07 bits per heavy atom. The minimum atomic E-state index is -4.67. The van der Waals surface area contributed by atoms with Crippen LogP contribution in [0.1, 0.15) is 22.8 Å². The van der Waals surface area contributed by atoms with Crippen LogP contribution in [0.15, 0.2) is 34.5 Å². The highest BCUT2D eigenvalue weighted by Crippen LogP contribution is 2.52. The third kappa shape index (κ3) is 3.91. The third-order valence-electron chi connectivity index (χ3n) is 4.27. The molecule has 1 N–H and O–H groups in total. The van der Waals surface area contributed by atoms with Gasteiger partial charge in [0.2, 0.25) is 0 Å². The van der Waals surface area contributed by atoms with Crippen LogP contribution in [0.25, 0.3) is 0 Å². The molecule has 0 saturated carbocycles. The van der Waals surface area contributed by atoms with Crippen molar-refractivity contribution in [3.8, 4) is 0 Å². The number of alkyl halides is 3. The first kappa shape index (κ1) is 21.1. The Morgan fingerprint density at radius 1 is 1.37 bits per heavy atom. The Bertz CT molecular complexity index is 751. The van der Waals surface area contributed by atoms with E-state index in [1.165, 1.54) is 23.1 Å². The van der Waals surface area contributed by atoms with Gasteiger partial charge in [0, 0.05) is 30.8 Å². The molecule has 1 saturated heterocycles. The SMILES string of the molecule is CCOC(=O)C1CNCCN1C(=O)c1cccc(C2(C(F)(F)F)N=N2)c1.Cl. The molecule has 1 unspecified atom stereocenters. The van der Waals surface area contributed by atoms with E-state index in [4.69, 9.17) is 4.74 Å². The predicted molar refractivity (Wildman–Crippen MR) is 90.6 cm³/mol. The highest BCUT2D eigenvalue weighted by atomic mass is 35.5. The number of halogens is 4. The first-order valence-corrected chi connectivity index (χ1v) is 8.10. The Kier molecular flexibility index (Phi) is 6.10. The normalized spacial score (nSPS) is 20.6. The van der Waals surface area contributed by atoms with Crippen molar-refractivity contribution in [1.29, 1.82) is 0 Å². The van der Waals surface area contributed by atoms with Gasteiger partial charge in [-0.15, -0.1) is 22.6 Å². The quantitative estimate of drug-likeness (QED) is 0.777. The number of nitrogens with one attached hydrogen (secondary N) is 1. The van der Waals surface area contributed by atoms with Crippen molar-refractivity contribution in [1.82, 2.24) is 10.2 Å². The fraction of sp³-hybridized carbons (Fsp3) is 0.500. The Balaban J connectivity index is 0.00000261. The number of ether oxygens (including phenoxy) is 1. The van der Waals surface area contributed by atoms with Crippen molar-refractivity contribution in [2.45, 2.75) is 24.8 Å². The van der Waals surface area contributed by atoms with E-state index in [0.29, 0.717) is 6.54 Å². The number of carbonyl (C=O) groups is 2. The molecule has 148 valence electrons. The number of nitrogens with zero attached hydrogens (tertiary/aromatic N) is 3. The van der Waals surface area contributed by atoms with E-state index < -0.39 is 29.8 Å². The maximum Gasteiger partial charge on any atom is 0.442 e. The fourth-order valence-corrected chi connectivity index (χ4v) is 2.87. The molecule has 27 heavy (non-hydrogen) atoms. The molecule has 0 aliphatic carbocycles. The second-order valence-corrected chi connectivity index (χ2v) is 5.92. The maximum absolute atomic E-state index is 13.2. The minimum Gasteiger partial charge on any atom is -0.464 e. The summed E-state index contributed by atoms with van der Waals surface area (Å²) in [5, 5.41) is 9.30. The lowest BCUT2D eigenvalue weighted by Gasteiger charge is -2.34. The van der Waals surface area contributed by atoms with Crippen LogP contribution in [0.5, 0.6) is 0 Å². The molecule has 0 bridgehead atoms. The Hall–Kier alpha value is -2.20. The standard InChI is InChI=1S/C16H17F3N4O3.ClH/c1-2-26-14(25)12-9-20-6-7-23(12)13(24)10-4-3-5-11(8-10)15(21-22-15)16(17,18)19;/h3-5,8,12,20H,2,6-7,9H2,1H3;1H. The molecule has 1 aromatic carbocycles. The molecule has 1 amide bonds.